The number of carbonyl (C=O) groups is 3. The van der Waals surface area contributed by atoms with Crippen molar-refractivity contribution < 1.29 is 19.1 Å². The number of alkyl carbamates (subject to hydrolysis) is 1. The van der Waals surface area contributed by atoms with Crippen LogP contribution in [0.25, 0.3) is 0 Å². The Balaban J connectivity index is 1.52. The molecule has 2 atom stereocenters. The molecule has 36 heavy (non-hydrogen) atoms. The van der Waals surface area contributed by atoms with E-state index in [0.29, 0.717) is 28.9 Å². The number of hydrogen-bond donors (Lipinski definition) is 3. The number of hydrogen-bond acceptors (Lipinski definition) is 6. The van der Waals surface area contributed by atoms with E-state index < -0.39 is 12.1 Å². The first-order valence-electron chi connectivity index (χ1n) is 11.7. The van der Waals surface area contributed by atoms with Crippen LogP contribution >= 0.6 is 0 Å². The highest BCUT2D eigenvalue weighted by Gasteiger charge is 2.26. The topological polar surface area (TPSA) is 123 Å². The van der Waals surface area contributed by atoms with Crippen molar-refractivity contribution in [2.45, 2.75) is 32.4 Å². The molecule has 1 unspecified atom stereocenters. The summed E-state index contributed by atoms with van der Waals surface area (Å²) in [6, 6.07) is 22.9. The molecule has 0 saturated carbocycles. The molecule has 1 aliphatic rings. The maximum absolute atomic E-state index is 13.5. The lowest BCUT2D eigenvalue weighted by Crippen LogP contribution is -2.42. The SMILES string of the molecule is CC1CC(=O)NN=C1c1ccc(C(=O)[C@@H](Cc2ccccc2)NC(=O)OCc2ccccc2)cc1N. The third-order valence-corrected chi connectivity index (χ3v) is 5.98. The van der Waals surface area contributed by atoms with Gasteiger partial charge in [-0.2, -0.15) is 5.10 Å². The molecule has 0 bridgehead atoms. The summed E-state index contributed by atoms with van der Waals surface area (Å²) in [7, 11) is 0. The summed E-state index contributed by atoms with van der Waals surface area (Å²) in [4.78, 5) is 37.7. The Bertz CT molecular complexity index is 1280. The number of nitrogen functional groups attached to an aromatic ring is 1. The van der Waals surface area contributed by atoms with Crippen molar-refractivity contribution in [3.8, 4) is 0 Å². The second-order valence-corrected chi connectivity index (χ2v) is 8.75. The normalized spacial score (nSPS) is 15.9. The zero-order valence-electron chi connectivity index (χ0n) is 19.9. The Kier molecular flexibility index (Phi) is 7.75. The smallest absolute Gasteiger partial charge is 0.408 e. The first kappa shape index (κ1) is 24.7. The van der Waals surface area contributed by atoms with Crippen LogP contribution in [-0.2, 0) is 22.6 Å². The lowest BCUT2D eigenvalue weighted by molar-refractivity contribution is -0.121. The van der Waals surface area contributed by atoms with Crippen LogP contribution in [0, 0.1) is 5.92 Å². The summed E-state index contributed by atoms with van der Waals surface area (Å²) in [6.07, 6.45) is -0.0798. The van der Waals surface area contributed by atoms with Crippen molar-refractivity contribution >= 4 is 29.2 Å². The standard InChI is InChI=1S/C28H28N4O4/c1-18-14-25(33)31-32-26(18)22-13-12-21(16-23(22)29)27(34)24(15-19-8-4-2-5-9-19)30-28(35)36-17-20-10-6-3-7-11-20/h2-13,16,18,24H,14-15,17,29H2,1H3,(H,30,35)(H,31,33)/t18?,24-/m1/s1. The highest BCUT2D eigenvalue weighted by molar-refractivity contribution is 6.10. The fourth-order valence-electron chi connectivity index (χ4n) is 4.10. The van der Waals surface area contributed by atoms with E-state index >= 15 is 0 Å². The number of nitrogens with zero attached hydrogens (tertiary/aromatic N) is 1. The van der Waals surface area contributed by atoms with Gasteiger partial charge < -0.3 is 15.8 Å². The fraction of sp³-hybridized carbons (Fsp3) is 0.214. The second-order valence-electron chi connectivity index (χ2n) is 8.75. The van der Waals surface area contributed by atoms with E-state index in [1.807, 2.05) is 67.6 Å². The Hall–Kier alpha value is -4.46. The lowest BCUT2D eigenvalue weighted by atomic mass is 9.91. The van der Waals surface area contributed by atoms with Gasteiger partial charge in [-0.25, -0.2) is 10.2 Å². The van der Waals surface area contributed by atoms with Gasteiger partial charge in [0.05, 0.1) is 11.8 Å². The summed E-state index contributed by atoms with van der Waals surface area (Å²) in [5.74, 6) is -0.541. The molecule has 0 aromatic heterocycles. The van der Waals surface area contributed by atoms with Crippen LogP contribution in [0.3, 0.4) is 0 Å². The number of nitrogens with two attached hydrogens (primary N) is 1. The van der Waals surface area contributed by atoms with Gasteiger partial charge in [0.2, 0.25) is 5.91 Å². The van der Waals surface area contributed by atoms with Gasteiger partial charge in [0, 0.05) is 35.6 Å². The van der Waals surface area contributed by atoms with Gasteiger partial charge in [-0.15, -0.1) is 0 Å². The molecule has 3 aromatic rings. The van der Waals surface area contributed by atoms with Crippen LogP contribution in [-0.4, -0.2) is 29.5 Å². The molecular weight excluding hydrogens is 456 g/mol. The van der Waals surface area contributed by atoms with Crippen LogP contribution in [0.1, 0.15) is 40.4 Å². The number of ketones is 1. The van der Waals surface area contributed by atoms with Crippen molar-refractivity contribution in [1.82, 2.24) is 10.7 Å². The van der Waals surface area contributed by atoms with Gasteiger partial charge in [-0.1, -0.05) is 79.7 Å². The number of carbonyl (C=O) groups excluding carboxylic acids is 3. The fourth-order valence-corrected chi connectivity index (χ4v) is 4.10. The largest absolute Gasteiger partial charge is 0.445 e. The molecule has 0 fully saturated rings. The van der Waals surface area contributed by atoms with Gasteiger partial charge in [-0.3, -0.25) is 9.59 Å². The molecule has 0 radical (unpaired) electrons. The third kappa shape index (κ3) is 6.15. The predicted octanol–water partition coefficient (Wildman–Crippen LogP) is 3.85. The van der Waals surface area contributed by atoms with Crippen LogP contribution < -0.4 is 16.5 Å². The quantitative estimate of drug-likeness (QED) is 0.331. The van der Waals surface area contributed by atoms with Crippen LogP contribution in [0.2, 0.25) is 0 Å². The van der Waals surface area contributed by atoms with Crippen molar-refractivity contribution in [1.29, 1.82) is 0 Å². The van der Waals surface area contributed by atoms with E-state index in [1.54, 1.807) is 18.2 Å². The van der Waals surface area contributed by atoms with E-state index in [-0.39, 0.29) is 30.6 Å². The van der Waals surface area contributed by atoms with E-state index in [4.69, 9.17) is 10.5 Å². The highest BCUT2D eigenvalue weighted by Crippen LogP contribution is 2.23. The summed E-state index contributed by atoms with van der Waals surface area (Å²) in [6.45, 7) is 1.99. The predicted molar refractivity (Wildman–Crippen MR) is 137 cm³/mol. The number of nitrogens with one attached hydrogen (secondary N) is 2. The molecule has 1 aliphatic heterocycles. The van der Waals surface area contributed by atoms with Gasteiger partial charge in [0.15, 0.2) is 5.78 Å². The zero-order chi connectivity index (χ0) is 25.5. The highest BCUT2D eigenvalue weighted by atomic mass is 16.5. The summed E-state index contributed by atoms with van der Waals surface area (Å²) >= 11 is 0. The minimum absolute atomic E-state index is 0.0946. The average Bonchev–Trinajstić information content (AvgIpc) is 2.88. The number of Topliss-reactive ketones (excluding diaryl/α,β-unsaturated/α-hetero) is 1. The van der Waals surface area contributed by atoms with E-state index in [2.05, 4.69) is 15.8 Å². The second kappa shape index (κ2) is 11.3. The summed E-state index contributed by atoms with van der Waals surface area (Å²) < 4.78 is 5.35. The third-order valence-electron chi connectivity index (χ3n) is 5.98. The number of rotatable bonds is 8. The van der Waals surface area contributed by atoms with Crippen molar-refractivity contribution in [2.75, 3.05) is 5.73 Å². The molecule has 4 N–H and O–H groups in total. The maximum atomic E-state index is 13.5. The molecule has 0 aliphatic carbocycles. The van der Waals surface area contributed by atoms with E-state index in [0.717, 1.165) is 11.1 Å². The maximum Gasteiger partial charge on any atom is 0.408 e. The molecule has 0 spiro atoms. The number of anilines is 1. The molecule has 184 valence electrons. The lowest BCUT2D eigenvalue weighted by Gasteiger charge is -2.21. The van der Waals surface area contributed by atoms with Crippen LogP contribution in [0.5, 0.6) is 0 Å². The van der Waals surface area contributed by atoms with Gasteiger partial charge in [0.25, 0.3) is 0 Å². The number of ether oxygens (including phenoxy) is 1. The van der Waals surface area contributed by atoms with Crippen molar-refractivity contribution in [3.63, 3.8) is 0 Å². The Morgan fingerprint density at radius 2 is 1.72 bits per heavy atom. The molecule has 8 heteroatoms. The molecule has 8 nitrogen and oxygen atoms in total. The van der Waals surface area contributed by atoms with Crippen LogP contribution in [0.4, 0.5) is 10.5 Å². The van der Waals surface area contributed by atoms with E-state index in [1.165, 1.54) is 0 Å². The number of hydrazone groups is 1. The van der Waals surface area contributed by atoms with Crippen molar-refractivity contribution in [2.24, 2.45) is 11.0 Å². The van der Waals surface area contributed by atoms with E-state index in [9.17, 15) is 14.4 Å². The zero-order valence-corrected chi connectivity index (χ0v) is 19.9. The molecule has 1 heterocycles. The molecular formula is C28H28N4O4. The molecule has 4 rings (SSSR count). The van der Waals surface area contributed by atoms with Crippen LogP contribution in [0.15, 0.2) is 84.0 Å². The molecule has 3 aromatic carbocycles. The Labute approximate surface area is 209 Å². The van der Waals surface area contributed by atoms with Crippen molar-refractivity contribution in [3.05, 3.63) is 101 Å². The average molecular weight is 485 g/mol. The Morgan fingerprint density at radius 1 is 1.06 bits per heavy atom. The number of amides is 2. The summed E-state index contributed by atoms with van der Waals surface area (Å²) in [5.41, 5.74) is 12.6. The molecule has 0 saturated heterocycles. The first-order chi connectivity index (χ1) is 17.4. The van der Waals surface area contributed by atoms with Gasteiger partial charge >= 0.3 is 6.09 Å². The number of benzene rings is 3. The minimum atomic E-state index is -0.855. The first-order valence-corrected chi connectivity index (χ1v) is 11.7. The minimum Gasteiger partial charge on any atom is -0.445 e. The van der Waals surface area contributed by atoms with Gasteiger partial charge in [0.1, 0.15) is 6.61 Å². The van der Waals surface area contributed by atoms with Gasteiger partial charge in [-0.05, 0) is 17.2 Å². The summed E-state index contributed by atoms with van der Waals surface area (Å²) in [5, 5.41) is 6.87. The monoisotopic (exact) mass is 484 g/mol. The Morgan fingerprint density at radius 3 is 2.36 bits per heavy atom. The molecule has 2 amide bonds.